The molecule has 0 saturated carbocycles. The Balaban J connectivity index is 2.65. The van der Waals surface area contributed by atoms with Crippen molar-refractivity contribution < 1.29 is 13.5 Å². The molecule has 0 aliphatic carbocycles. The van der Waals surface area contributed by atoms with Crippen molar-refractivity contribution in [3.8, 4) is 5.75 Å². The zero-order valence-electron chi connectivity index (χ0n) is 9.95. The Morgan fingerprint density at radius 1 is 1.29 bits per heavy atom. The van der Waals surface area contributed by atoms with Gasteiger partial charge in [-0.2, -0.15) is 13.9 Å². The van der Waals surface area contributed by atoms with Gasteiger partial charge in [-0.05, 0) is 23.6 Å². The number of alkyl halides is 2. The van der Waals surface area contributed by atoms with E-state index >= 15 is 0 Å². The SMILES string of the molecule is COc1cc(C(C)C)cc2cn(C(F)F)nc12. The van der Waals surface area contributed by atoms with Gasteiger partial charge < -0.3 is 4.74 Å². The lowest BCUT2D eigenvalue weighted by Gasteiger charge is -2.08. The van der Waals surface area contributed by atoms with Gasteiger partial charge in [-0.25, -0.2) is 4.68 Å². The maximum Gasteiger partial charge on any atom is 0.333 e. The summed E-state index contributed by atoms with van der Waals surface area (Å²) >= 11 is 0. The van der Waals surface area contributed by atoms with E-state index in [4.69, 9.17) is 4.74 Å². The first-order valence-corrected chi connectivity index (χ1v) is 5.38. The van der Waals surface area contributed by atoms with Gasteiger partial charge in [-0.1, -0.05) is 13.8 Å². The molecule has 0 amide bonds. The molecule has 0 aliphatic heterocycles. The molecule has 0 aliphatic rings. The number of methoxy groups -OCH3 is 1. The molecule has 0 N–H and O–H groups in total. The molecule has 3 nitrogen and oxygen atoms in total. The van der Waals surface area contributed by atoms with E-state index in [1.54, 1.807) is 0 Å². The van der Waals surface area contributed by atoms with E-state index in [-0.39, 0.29) is 0 Å². The van der Waals surface area contributed by atoms with Gasteiger partial charge >= 0.3 is 6.55 Å². The third kappa shape index (κ3) is 2.09. The Hall–Kier alpha value is -1.65. The van der Waals surface area contributed by atoms with Crippen LogP contribution in [0.2, 0.25) is 0 Å². The van der Waals surface area contributed by atoms with Crippen LogP contribution in [0.15, 0.2) is 18.3 Å². The van der Waals surface area contributed by atoms with Gasteiger partial charge in [-0.15, -0.1) is 0 Å². The molecular formula is C12H14F2N2O. The molecule has 1 aromatic carbocycles. The minimum absolute atomic E-state index is 0.309. The van der Waals surface area contributed by atoms with Crippen LogP contribution in [-0.4, -0.2) is 16.9 Å². The molecule has 0 saturated heterocycles. The summed E-state index contributed by atoms with van der Waals surface area (Å²) in [4.78, 5) is 0. The molecule has 0 radical (unpaired) electrons. The maximum atomic E-state index is 12.6. The Labute approximate surface area is 98.0 Å². The van der Waals surface area contributed by atoms with Crippen molar-refractivity contribution >= 4 is 10.9 Å². The average molecular weight is 240 g/mol. The number of rotatable bonds is 3. The molecule has 0 unspecified atom stereocenters. The summed E-state index contributed by atoms with van der Waals surface area (Å²) in [6.07, 6.45) is 1.34. The van der Waals surface area contributed by atoms with E-state index in [2.05, 4.69) is 5.10 Å². The van der Waals surface area contributed by atoms with E-state index in [1.165, 1.54) is 13.3 Å². The maximum absolute atomic E-state index is 12.6. The third-order valence-corrected chi connectivity index (χ3v) is 2.70. The molecule has 17 heavy (non-hydrogen) atoms. The van der Waals surface area contributed by atoms with Crippen LogP contribution in [0.1, 0.15) is 31.9 Å². The predicted molar refractivity (Wildman–Crippen MR) is 61.6 cm³/mol. The van der Waals surface area contributed by atoms with E-state index < -0.39 is 6.55 Å². The van der Waals surface area contributed by atoms with E-state index in [9.17, 15) is 8.78 Å². The lowest BCUT2D eigenvalue weighted by atomic mass is 10.0. The van der Waals surface area contributed by atoms with Crippen LogP contribution in [0.3, 0.4) is 0 Å². The largest absolute Gasteiger partial charge is 0.494 e. The van der Waals surface area contributed by atoms with Gasteiger partial charge in [0, 0.05) is 11.6 Å². The second-order valence-corrected chi connectivity index (χ2v) is 4.20. The molecule has 5 heteroatoms. The van der Waals surface area contributed by atoms with Crippen LogP contribution in [0.5, 0.6) is 5.75 Å². The molecular weight excluding hydrogens is 226 g/mol. The number of aromatic nitrogens is 2. The summed E-state index contributed by atoms with van der Waals surface area (Å²) in [6.45, 7) is 1.45. The Morgan fingerprint density at radius 3 is 2.53 bits per heavy atom. The lowest BCUT2D eigenvalue weighted by Crippen LogP contribution is -1.97. The highest BCUT2D eigenvalue weighted by Gasteiger charge is 2.14. The van der Waals surface area contributed by atoms with Gasteiger partial charge in [0.2, 0.25) is 0 Å². The Kier molecular flexibility index (Phi) is 3.00. The van der Waals surface area contributed by atoms with Crippen LogP contribution in [0, 0.1) is 0 Å². The van der Waals surface area contributed by atoms with Crippen LogP contribution in [0.4, 0.5) is 8.78 Å². The third-order valence-electron chi connectivity index (χ3n) is 2.70. The van der Waals surface area contributed by atoms with Crippen molar-refractivity contribution in [2.45, 2.75) is 26.3 Å². The molecule has 2 rings (SSSR count). The first-order valence-electron chi connectivity index (χ1n) is 5.38. The fourth-order valence-electron chi connectivity index (χ4n) is 1.73. The van der Waals surface area contributed by atoms with E-state index in [1.807, 2.05) is 26.0 Å². The van der Waals surface area contributed by atoms with Crippen molar-refractivity contribution in [3.63, 3.8) is 0 Å². The Morgan fingerprint density at radius 2 is 2.00 bits per heavy atom. The summed E-state index contributed by atoms with van der Waals surface area (Å²) in [5.74, 6) is 0.841. The van der Waals surface area contributed by atoms with Gasteiger partial charge in [-0.3, -0.25) is 0 Å². The smallest absolute Gasteiger partial charge is 0.333 e. The molecule has 1 heterocycles. The number of hydrogen-bond acceptors (Lipinski definition) is 2. The fraction of sp³-hybridized carbons (Fsp3) is 0.417. The van der Waals surface area contributed by atoms with Crippen molar-refractivity contribution in [1.82, 2.24) is 9.78 Å². The molecule has 0 spiro atoms. The zero-order valence-corrected chi connectivity index (χ0v) is 9.95. The molecule has 1 aromatic heterocycles. The van der Waals surface area contributed by atoms with Crippen LogP contribution in [-0.2, 0) is 0 Å². The van der Waals surface area contributed by atoms with Crippen LogP contribution >= 0.6 is 0 Å². The number of ether oxygens (including phenoxy) is 1. The van der Waals surface area contributed by atoms with Crippen molar-refractivity contribution in [3.05, 3.63) is 23.9 Å². The minimum atomic E-state index is -2.63. The lowest BCUT2D eigenvalue weighted by molar-refractivity contribution is 0.0573. The first-order chi connectivity index (χ1) is 8.02. The van der Waals surface area contributed by atoms with Gasteiger partial charge in [0.25, 0.3) is 0 Å². The first kappa shape index (κ1) is 11.8. The summed E-state index contributed by atoms with van der Waals surface area (Å²) in [7, 11) is 1.51. The molecule has 2 aromatic rings. The predicted octanol–water partition coefficient (Wildman–Crippen LogP) is 3.56. The molecule has 0 fully saturated rings. The van der Waals surface area contributed by atoms with E-state index in [0.717, 1.165) is 5.56 Å². The molecule has 0 bridgehead atoms. The quantitative estimate of drug-likeness (QED) is 0.820. The summed E-state index contributed by atoms with van der Waals surface area (Å²) in [6, 6.07) is 3.71. The zero-order chi connectivity index (χ0) is 12.6. The summed E-state index contributed by atoms with van der Waals surface area (Å²) in [5, 5.41) is 4.50. The van der Waals surface area contributed by atoms with Crippen LogP contribution < -0.4 is 4.74 Å². The minimum Gasteiger partial charge on any atom is -0.494 e. The van der Waals surface area contributed by atoms with Crippen molar-refractivity contribution in [2.24, 2.45) is 0 Å². The van der Waals surface area contributed by atoms with Crippen molar-refractivity contribution in [1.29, 1.82) is 0 Å². The highest BCUT2D eigenvalue weighted by molar-refractivity contribution is 5.85. The number of halogens is 2. The number of benzene rings is 1. The van der Waals surface area contributed by atoms with Gasteiger partial charge in [0.05, 0.1) is 7.11 Å². The van der Waals surface area contributed by atoms with Gasteiger partial charge in [0.1, 0.15) is 11.3 Å². The monoisotopic (exact) mass is 240 g/mol. The van der Waals surface area contributed by atoms with E-state index in [0.29, 0.717) is 27.3 Å². The summed E-state index contributed by atoms with van der Waals surface area (Å²) in [5.41, 5.74) is 1.51. The van der Waals surface area contributed by atoms with Crippen molar-refractivity contribution in [2.75, 3.05) is 7.11 Å². The Bertz CT molecular complexity index is 535. The average Bonchev–Trinajstić information content (AvgIpc) is 2.71. The highest BCUT2D eigenvalue weighted by Crippen LogP contribution is 2.30. The summed E-state index contributed by atoms with van der Waals surface area (Å²) < 4.78 is 31.0. The topological polar surface area (TPSA) is 27.1 Å². The number of hydrogen-bond donors (Lipinski definition) is 0. The van der Waals surface area contributed by atoms with Crippen LogP contribution in [0.25, 0.3) is 10.9 Å². The second-order valence-electron chi connectivity index (χ2n) is 4.20. The van der Waals surface area contributed by atoms with Gasteiger partial charge in [0.15, 0.2) is 0 Å². The second kappa shape index (κ2) is 4.31. The standard InChI is InChI=1S/C12H14F2N2O/c1-7(2)8-4-9-6-16(12(13)14)15-11(9)10(5-8)17-3/h4-7,12H,1-3H3. The normalized spacial score (nSPS) is 11.7. The highest BCUT2D eigenvalue weighted by atomic mass is 19.3. The molecule has 92 valence electrons. The number of nitrogens with zero attached hydrogens (tertiary/aromatic N) is 2. The fourth-order valence-corrected chi connectivity index (χ4v) is 1.73. The molecule has 0 atom stereocenters. The number of fused-ring (bicyclic) bond motifs is 1.